The van der Waals surface area contributed by atoms with Crippen LogP contribution in [-0.4, -0.2) is 27.5 Å². The number of halogens is 3. The van der Waals surface area contributed by atoms with Gasteiger partial charge >= 0.3 is 6.18 Å². The van der Waals surface area contributed by atoms with E-state index in [1.54, 1.807) is 25.1 Å². The van der Waals surface area contributed by atoms with Gasteiger partial charge in [0.15, 0.2) is 5.69 Å². The molecule has 1 aliphatic rings. The van der Waals surface area contributed by atoms with Gasteiger partial charge in [-0.1, -0.05) is 0 Å². The molecular formula is C22H17F3N4O3. The molecule has 2 aromatic carbocycles. The fraction of sp³-hybridized carbons (Fsp3) is 0.182. The minimum absolute atomic E-state index is 0.183. The van der Waals surface area contributed by atoms with E-state index in [2.05, 4.69) is 10.4 Å². The molecule has 0 saturated carbocycles. The highest BCUT2D eigenvalue weighted by molar-refractivity contribution is 6.20. The van der Waals surface area contributed by atoms with E-state index in [9.17, 15) is 27.6 Å². The molecule has 164 valence electrons. The van der Waals surface area contributed by atoms with Crippen LogP contribution < -0.4 is 10.2 Å². The maximum Gasteiger partial charge on any atom is 0.435 e. The van der Waals surface area contributed by atoms with Crippen LogP contribution in [0.1, 0.15) is 34.5 Å². The Kier molecular flexibility index (Phi) is 5.29. The number of hydrogen-bond donors (Lipinski definition) is 1. The number of rotatable bonds is 4. The van der Waals surface area contributed by atoms with Gasteiger partial charge in [0.2, 0.25) is 11.8 Å². The lowest BCUT2D eigenvalue weighted by Gasteiger charge is -2.17. The first-order chi connectivity index (χ1) is 15.1. The Bertz CT molecular complexity index is 1200. The summed E-state index contributed by atoms with van der Waals surface area (Å²) in [5, 5.41) is 6.22. The molecule has 0 atom stereocenters. The van der Waals surface area contributed by atoms with Crippen molar-refractivity contribution in [3.05, 3.63) is 71.5 Å². The predicted octanol–water partition coefficient (Wildman–Crippen LogP) is 4.11. The Balaban J connectivity index is 1.47. The average molecular weight is 442 g/mol. The van der Waals surface area contributed by atoms with Gasteiger partial charge < -0.3 is 5.32 Å². The van der Waals surface area contributed by atoms with Crippen LogP contribution in [0.25, 0.3) is 5.69 Å². The van der Waals surface area contributed by atoms with Crippen molar-refractivity contribution in [1.82, 2.24) is 9.78 Å². The minimum atomic E-state index is -4.53. The highest BCUT2D eigenvalue weighted by Crippen LogP contribution is 2.29. The zero-order chi connectivity index (χ0) is 23.0. The standard InChI is InChI=1S/C22H17F3N4O3/c1-13-12-15(4-7-17(13)29-19(30)8-9-20(29)31)26-21(32)14-2-5-16(6-3-14)28-11-10-18(27-28)22(23,24)25/h2-7,10-12H,8-9H2,1H3,(H,26,32). The van der Waals surface area contributed by atoms with Crippen molar-refractivity contribution in [3.8, 4) is 5.69 Å². The van der Waals surface area contributed by atoms with E-state index in [-0.39, 0.29) is 24.7 Å². The van der Waals surface area contributed by atoms with E-state index in [1.807, 2.05) is 0 Å². The molecular weight excluding hydrogens is 425 g/mol. The number of nitrogens with one attached hydrogen (secondary N) is 1. The molecule has 4 rings (SSSR count). The quantitative estimate of drug-likeness (QED) is 0.617. The van der Waals surface area contributed by atoms with Crippen molar-refractivity contribution in [1.29, 1.82) is 0 Å². The molecule has 0 radical (unpaired) electrons. The van der Waals surface area contributed by atoms with Gasteiger partial charge in [0, 0.05) is 30.3 Å². The molecule has 0 spiro atoms. The number of amides is 3. The first kappa shape index (κ1) is 21.3. The van der Waals surface area contributed by atoms with Gasteiger partial charge in [0.1, 0.15) is 0 Å². The normalized spacial score (nSPS) is 14.2. The monoisotopic (exact) mass is 442 g/mol. The SMILES string of the molecule is Cc1cc(NC(=O)c2ccc(-n3ccc(C(F)(F)F)n3)cc2)ccc1N1C(=O)CCC1=O. The molecule has 3 amide bonds. The van der Waals surface area contributed by atoms with Gasteiger partial charge in [-0.15, -0.1) is 0 Å². The summed E-state index contributed by atoms with van der Waals surface area (Å²) in [4.78, 5) is 37.6. The number of imide groups is 1. The smallest absolute Gasteiger partial charge is 0.322 e. The molecule has 10 heteroatoms. The number of hydrogen-bond acceptors (Lipinski definition) is 4. The maximum absolute atomic E-state index is 12.7. The summed E-state index contributed by atoms with van der Waals surface area (Å²) >= 11 is 0. The van der Waals surface area contributed by atoms with Crippen LogP contribution in [0, 0.1) is 6.92 Å². The minimum Gasteiger partial charge on any atom is -0.322 e. The second-order valence-electron chi connectivity index (χ2n) is 7.27. The molecule has 0 bridgehead atoms. The molecule has 1 aromatic heterocycles. The third-order valence-corrected chi connectivity index (χ3v) is 5.02. The van der Waals surface area contributed by atoms with Crippen molar-refractivity contribution >= 4 is 29.1 Å². The molecule has 1 aliphatic heterocycles. The van der Waals surface area contributed by atoms with E-state index in [1.165, 1.54) is 30.5 Å². The predicted molar refractivity (Wildman–Crippen MR) is 109 cm³/mol. The first-order valence-corrected chi connectivity index (χ1v) is 9.64. The lowest BCUT2D eigenvalue weighted by atomic mass is 10.1. The van der Waals surface area contributed by atoms with Gasteiger partial charge in [0.05, 0.1) is 11.4 Å². The van der Waals surface area contributed by atoms with Crippen LogP contribution in [0.2, 0.25) is 0 Å². The average Bonchev–Trinajstić information content (AvgIpc) is 3.36. The molecule has 2 heterocycles. The molecule has 1 fully saturated rings. The van der Waals surface area contributed by atoms with Crippen molar-refractivity contribution in [2.24, 2.45) is 0 Å². The Labute approximate surface area is 180 Å². The summed E-state index contributed by atoms with van der Waals surface area (Å²) in [7, 11) is 0. The Morgan fingerprint density at radius 1 is 1.00 bits per heavy atom. The van der Waals surface area contributed by atoms with E-state index in [0.29, 0.717) is 28.2 Å². The van der Waals surface area contributed by atoms with Crippen molar-refractivity contribution in [3.63, 3.8) is 0 Å². The summed E-state index contributed by atoms with van der Waals surface area (Å²) in [6.45, 7) is 1.73. The largest absolute Gasteiger partial charge is 0.435 e. The van der Waals surface area contributed by atoms with Crippen LogP contribution in [-0.2, 0) is 15.8 Å². The van der Waals surface area contributed by atoms with Crippen LogP contribution >= 0.6 is 0 Å². The van der Waals surface area contributed by atoms with Gasteiger partial charge in [-0.2, -0.15) is 18.3 Å². The van der Waals surface area contributed by atoms with Crippen LogP contribution in [0.15, 0.2) is 54.7 Å². The highest BCUT2D eigenvalue weighted by Gasteiger charge is 2.33. The summed E-state index contributed by atoms with van der Waals surface area (Å²) in [6, 6.07) is 11.6. The lowest BCUT2D eigenvalue weighted by molar-refractivity contribution is -0.141. The van der Waals surface area contributed by atoms with Gasteiger partial charge in [-0.05, 0) is 61.0 Å². The van der Waals surface area contributed by atoms with Crippen molar-refractivity contribution in [2.75, 3.05) is 10.2 Å². The number of aromatic nitrogens is 2. The molecule has 3 aromatic rings. The van der Waals surface area contributed by atoms with E-state index < -0.39 is 17.8 Å². The Morgan fingerprint density at radius 3 is 2.22 bits per heavy atom. The summed E-state index contributed by atoms with van der Waals surface area (Å²) in [6.07, 6.45) is -2.97. The zero-order valence-corrected chi connectivity index (χ0v) is 16.8. The lowest BCUT2D eigenvalue weighted by Crippen LogP contribution is -2.29. The molecule has 32 heavy (non-hydrogen) atoms. The summed E-state index contributed by atoms with van der Waals surface area (Å²) in [5.41, 5.74) is 1.27. The molecule has 0 aliphatic carbocycles. The topological polar surface area (TPSA) is 84.3 Å². The summed E-state index contributed by atoms with van der Waals surface area (Å²) < 4.78 is 39.2. The molecule has 0 unspecified atom stereocenters. The molecule has 1 saturated heterocycles. The number of alkyl halides is 3. The number of carbonyl (C=O) groups excluding carboxylic acids is 3. The second-order valence-corrected chi connectivity index (χ2v) is 7.27. The first-order valence-electron chi connectivity index (χ1n) is 9.64. The third kappa shape index (κ3) is 4.11. The number of anilines is 2. The van der Waals surface area contributed by atoms with E-state index in [4.69, 9.17) is 0 Å². The van der Waals surface area contributed by atoms with Gasteiger partial charge in [0.25, 0.3) is 5.91 Å². The Morgan fingerprint density at radius 2 is 1.66 bits per heavy atom. The van der Waals surface area contributed by atoms with Gasteiger partial charge in [-0.25, -0.2) is 4.68 Å². The zero-order valence-electron chi connectivity index (χ0n) is 16.8. The van der Waals surface area contributed by atoms with Crippen LogP contribution in [0.5, 0.6) is 0 Å². The van der Waals surface area contributed by atoms with Crippen LogP contribution in [0.3, 0.4) is 0 Å². The highest BCUT2D eigenvalue weighted by atomic mass is 19.4. The number of aryl methyl sites for hydroxylation is 1. The maximum atomic E-state index is 12.7. The van der Waals surface area contributed by atoms with E-state index >= 15 is 0 Å². The molecule has 1 N–H and O–H groups in total. The van der Waals surface area contributed by atoms with E-state index in [0.717, 1.165) is 15.6 Å². The fourth-order valence-corrected chi connectivity index (χ4v) is 3.42. The number of carbonyl (C=O) groups is 3. The van der Waals surface area contributed by atoms with Crippen molar-refractivity contribution in [2.45, 2.75) is 25.9 Å². The van der Waals surface area contributed by atoms with Crippen LogP contribution in [0.4, 0.5) is 24.5 Å². The fourth-order valence-electron chi connectivity index (χ4n) is 3.42. The van der Waals surface area contributed by atoms with Crippen molar-refractivity contribution < 1.29 is 27.6 Å². The second kappa shape index (κ2) is 7.95. The molecule has 7 nitrogen and oxygen atoms in total. The van der Waals surface area contributed by atoms with Gasteiger partial charge in [-0.3, -0.25) is 19.3 Å². The summed E-state index contributed by atoms with van der Waals surface area (Å²) in [5.74, 6) is -0.933. The Hall–Kier alpha value is -3.95. The third-order valence-electron chi connectivity index (χ3n) is 5.02. The number of benzene rings is 2. The number of nitrogens with zero attached hydrogens (tertiary/aromatic N) is 3.